The molecule has 18 heavy (non-hydrogen) atoms. The molecule has 1 aliphatic rings. The second-order valence-electron chi connectivity index (χ2n) is 5.34. The third-order valence-corrected chi connectivity index (χ3v) is 3.83. The molecule has 0 spiro atoms. The van der Waals surface area contributed by atoms with Crippen molar-refractivity contribution in [3.63, 3.8) is 0 Å². The predicted octanol–water partition coefficient (Wildman–Crippen LogP) is 2.80. The summed E-state index contributed by atoms with van der Waals surface area (Å²) in [5, 5.41) is 0. The first kappa shape index (κ1) is 11.5. The maximum atomic E-state index is 6.40. The minimum absolute atomic E-state index is 0.0768. The van der Waals surface area contributed by atoms with Crippen LogP contribution < -0.4 is 5.73 Å². The van der Waals surface area contributed by atoms with Gasteiger partial charge in [0.05, 0.1) is 12.1 Å². The summed E-state index contributed by atoms with van der Waals surface area (Å²) in [6.45, 7) is 4.35. The lowest BCUT2D eigenvalue weighted by molar-refractivity contribution is 0.428. The van der Waals surface area contributed by atoms with Gasteiger partial charge in [-0.15, -0.1) is 0 Å². The Morgan fingerprint density at radius 3 is 2.83 bits per heavy atom. The van der Waals surface area contributed by atoms with Gasteiger partial charge >= 0.3 is 0 Å². The quantitative estimate of drug-likeness (QED) is 0.878. The van der Waals surface area contributed by atoms with Crippen LogP contribution in [0, 0.1) is 0 Å². The topological polar surface area (TPSA) is 43.8 Å². The van der Waals surface area contributed by atoms with Crippen LogP contribution in [0.2, 0.25) is 0 Å². The molecule has 0 radical (unpaired) electrons. The Morgan fingerprint density at radius 2 is 2.11 bits per heavy atom. The molecule has 1 heterocycles. The highest BCUT2D eigenvalue weighted by Gasteiger charge is 2.31. The van der Waals surface area contributed by atoms with Crippen molar-refractivity contribution in [3.8, 4) is 0 Å². The molecule has 2 N–H and O–H groups in total. The van der Waals surface area contributed by atoms with E-state index in [0.29, 0.717) is 12.0 Å². The lowest BCUT2D eigenvalue weighted by Gasteiger charge is -2.21. The summed E-state index contributed by atoms with van der Waals surface area (Å²) in [4.78, 5) is 4.46. The van der Waals surface area contributed by atoms with Crippen molar-refractivity contribution in [2.75, 3.05) is 0 Å². The number of nitrogens with two attached hydrogens (primary N) is 1. The molecule has 0 aliphatic heterocycles. The van der Waals surface area contributed by atoms with Crippen LogP contribution in [0.25, 0.3) is 0 Å². The second kappa shape index (κ2) is 4.25. The zero-order chi connectivity index (χ0) is 12.7. The van der Waals surface area contributed by atoms with Gasteiger partial charge in [0.1, 0.15) is 5.82 Å². The Labute approximate surface area is 108 Å². The third-order valence-electron chi connectivity index (χ3n) is 3.83. The van der Waals surface area contributed by atoms with Gasteiger partial charge in [-0.05, 0) is 17.5 Å². The van der Waals surface area contributed by atoms with E-state index in [1.807, 2.05) is 6.20 Å². The molecule has 1 aliphatic carbocycles. The summed E-state index contributed by atoms with van der Waals surface area (Å²) in [7, 11) is 0. The molecular weight excluding hydrogens is 222 g/mol. The molecule has 0 amide bonds. The fraction of sp³-hybridized carbons (Fsp3) is 0.400. The molecule has 2 atom stereocenters. The van der Waals surface area contributed by atoms with Gasteiger partial charge in [0.25, 0.3) is 0 Å². The first-order chi connectivity index (χ1) is 8.68. The van der Waals surface area contributed by atoms with Gasteiger partial charge in [0.15, 0.2) is 0 Å². The zero-order valence-corrected chi connectivity index (χ0v) is 10.9. The third kappa shape index (κ3) is 1.66. The molecular formula is C15H19N3. The van der Waals surface area contributed by atoms with E-state index in [4.69, 9.17) is 5.73 Å². The fourth-order valence-electron chi connectivity index (χ4n) is 2.93. The molecule has 0 fully saturated rings. The highest BCUT2D eigenvalue weighted by Crippen LogP contribution is 2.38. The maximum absolute atomic E-state index is 6.40. The molecule has 2 aromatic rings. The number of rotatable bonds is 2. The number of nitrogens with zero attached hydrogens (tertiary/aromatic N) is 2. The molecule has 0 saturated carbocycles. The van der Waals surface area contributed by atoms with Crippen LogP contribution in [-0.2, 0) is 6.42 Å². The fourth-order valence-corrected chi connectivity index (χ4v) is 2.93. The van der Waals surface area contributed by atoms with E-state index in [0.717, 1.165) is 12.2 Å². The van der Waals surface area contributed by atoms with E-state index in [1.54, 1.807) is 0 Å². The Balaban J connectivity index is 1.99. The normalized spacial score (nSPS) is 22.4. The van der Waals surface area contributed by atoms with Gasteiger partial charge < -0.3 is 10.3 Å². The average Bonchev–Trinajstić information content (AvgIpc) is 2.94. The Kier molecular flexibility index (Phi) is 2.71. The summed E-state index contributed by atoms with van der Waals surface area (Å²) in [5.41, 5.74) is 9.06. The van der Waals surface area contributed by atoms with Crippen molar-refractivity contribution in [2.24, 2.45) is 5.73 Å². The van der Waals surface area contributed by atoms with E-state index < -0.39 is 0 Å². The summed E-state index contributed by atoms with van der Waals surface area (Å²) < 4.78 is 2.26. The predicted molar refractivity (Wildman–Crippen MR) is 72.4 cm³/mol. The average molecular weight is 241 g/mol. The van der Waals surface area contributed by atoms with Gasteiger partial charge in [-0.2, -0.15) is 0 Å². The van der Waals surface area contributed by atoms with Crippen LogP contribution in [-0.4, -0.2) is 9.55 Å². The maximum Gasteiger partial charge on any atom is 0.111 e. The van der Waals surface area contributed by atoms with Crippen LogP contribution in [0.15, 0.2) is 36.7 Å². The molecule has 0 bridgehead atoms. The minimum atomic E-state index is 0.0768. The number of fused-ring (bicyclic) bond motifs is 1. The van der Waals surface area contributed by atoms with Gasteiger partial charge in [0, 0.05) is 18.3 Å². The number of hydrogen-bond donors (Lipinski definition) is 1. The van der Waals surface area contributed by atoms with Crippen LogP contribution in [0.1, 0.15) is 48.8 Å². The highest BCUT2D eigenvalue weighted by molar-refractivity contribution is 5.36. The van der Waals surface area contributed by atoms with Crippen molar-refractivity contribution in [1.82, 2.24) is 9.55 Å². The molecule has 2 unspecified atom stereocenters. The summed E-state index contributed by atoms with van der Waals surface area (Å²) in [6, 6.07) is 8.87. The monoisotopic (exact) mass is 241 g/mol. The molecule has 3 heteroatoms. The molecule has 1 aromatic heterocycles. The van der Waals surface area contributed by atoms with Gasteiger partial charge in [0.2, 0.25) is 0 Å². The van der Waals surface area contributed by atoms with E-state index in [1.165, 1.54) is 11.1 Å². The second-order valence-corrected chi connectivity index (χ2v) is 5.34. The Hall–Kier alpha value is -1.61. The molecule has 0 saturated heterocycles. The van der Waals surface area contributed by atoms with E-state index in [2.05, 4.69) is 53.9 Å². The molecule has 3 nitrogen and oxygen atoms in total. The highest BCUT2D eigenvalue weighted by atomic mass is 15.1. The van der Waals surface area contributed by atoms with Crippen LogP contribution >= 0.6 is 0 Å². The largest absolute Gasteiger partial charge is 0.329 e. The van der Waals surface area contributed by atoms with Gasteiger partial charge in [-0.1, -0.05) is 38.1 Å². The lowest BCUT2D eigenvalue weighted by atomic mass is 10.1. The summed E-state index contributed by atoms with van der Waals surface area (Å²) in [6.07, 6.45) is 4.95. The summed E-state index contributed by atoms with van der Waals surface area (Å²) in [5.74, 6) is 1.55. The minimum Gasteiger partial charge on any atom is -0.329 e. The van der Waals surface area contributed by atoms with E-state index in [9.17, 15) is 0 Å². The molecule has 94 valence electrons. The Bertz CT molecular complexity index is 556. The smallest absolute Gasteiger partial charge is 0.111 e. The first-order valence-corrected chi connectivity index (χ1v) is 6.54. The standard InChI is InChI=1S/C15H19N3/c1-10(2)15-17-7-8-18(15)13-9-11-5-3-4-6-12(11)14(13)16/h3-8,10,13-14H,9,16H2,1-2H3. The Morgan fingerprint density at radius 1 is 1.33 bits per heavy atom. The van der Waals surface area contributed by atoms with Crippen molar-refractivity contribution in [1.29, 1.82) is 0 Å². The van der Waals surface area contributed by atoms with Gasteiger partial charge in [-0.3, -0.25) is 0 Å². The van der Waals surface area contributed by atoms with Crippen LogP contribution in [0.3, 0.4) is 0 Å². The van der Waals surface area contributed by atoms with Crippen molar-refractivity contribution in [3.05, 3.63) is 53.6 Å². The van der Waals surface area contributed by atoms with E-state index >= 15 is 0 Å². The lowest BCUT2D eigenvalue weighted by Crippen LogP contribution is -2.22. The first-order valence-electron chi connectivity index (χ1n) is 6.54. The van der Waals surface area contributed by atoms with Crippen LogP contribution in [0.4, 0.5) is 0 Å². The number of aromatic nitrogens is 2. The van der Waals surface area contributed by atoms with Crippen molar-refractivity contribution < 1.29 is 0 Å². The SMILES string of the molecule is CC(C)c1nccn1C1Cc2ccccc2C1N. The molecule has 3 rings (SSSR count). The summed E-state index contributed by atoms with van der Waals surface area (Å²) >= 11 is 0. The van der Waals surface area contributed by atoms with E-state index in [-0.39, 0.29) is 6.04 Å². The number of imidazole rings is 1. The number of benzene rings is 1. The molecule has 1 aromatic carbocycles. The van der Waals surface area contributed by atoms with Crippen LogP contribution in [0.5, 0.6) is 0 Å². The van der Waals surface area contributed by atoms with Gasteiger partial charge in [-0.25, -0.2) is 4.98 Å². The van der Waals surface area contributed by atoms with Crippen molar-refractivity contribution in [2.45, 2.75) is 38.3 Å². The zero-order valence-electron chi connectivity index (χ0n) is 10.9. The number of hydrogen-bond acceptors (Lipinski definition) is 2. The van der Waals surface area contributed by atoms with Crippen molar-refractivity contribution >= 4 is 0 Å².